The second kappa shape index (κ2) is 13.0. The maximum atomic E-state index is 9.79. The first-order valence-electron chi connectivity index (χ1n) is 22.2. The number of hydrogen-bond acceptors (Lipinski definition) is 3. The van der Waals surface area contributed by atoms with Gasteiger partial charge in [0.25, 0.3) is 0 Å². The largest absolute Gasteiger partial charge is 0.278 e. The minimum absolute atomic E-state index is 0.258. The lowest BCUT2D eigenvalue weighted by Gasteiger charge is -2.23. The fourth-order valence-electron chi connectivity index (χ4n) is 11.4. The third-order valence-electron chi connectivity index (χ3n) is 14.3. The molecule has 0 unspecified atom stereocenters. The van der Waals surface area contributed by atoms with Crippen LogP contribution < -0.4 is 0 Å². The number of para-hydroxylation sites is 4. The highest BCUT2D eigenvalue weighted by Crippen LogP contribution is 2.52. The number of aromatic nitrogens is 4. The molecule has 0 fully saturated rings. The van der Waals surface area contributed by atoms with Crippen LogP contribution in [0.15, 0.2) is 188 Å². The molecule has 0 aliphatic heterocycles. The summed E-state index contributed by atoms with van der Waals surface area (Å²) in [7, 11) is 0. The van der Waals surface area contributed by atoms with Gasteiger partial charge in [0.15, 0.2) is 0 Å². The van der Waals surface area contributed by atoms with E-state index >= 15 is 0 Å². The maximum absolute atomic E-state index is 9.79. The number of fused-ring (bicyclic) bond motifs is 15. The average molecular weight is 828 g/mol. The van der Waals surface area contributed by atoms with Gasteiger partial charge in [-0.2, -0.15) is 5.26 Å². The Hall–Kier alpha value is -8.59. The van der Waals surface area contributed by atoms with Gasteiger partial charge in [-0.05, 0) is 126 Å². The fraction of sp³-hybridized carbons (Fsp3) is 0.0500. The van der Waals surface area contributed by atoms with Crippen LogP contribution in [-0.4, -0.2) is 18.9 Å². The molecule has 0 spiro atoms. The van der Waals surface area contributed by atoms with Gasteiger partial charge in [-0.3, -0.25) is 8.97 Å². The summed E-state index contributed by atoms with van der Waals surface area (Å²) in [6.45, 7) is 4.58. The lowest BCUT2D eigenvalue weighted by atomic mass is 9.80. The van der Waals surface area contributed by atoms with Gasteiger partial charge in [-0.25, -0.2) is 9.97 Å². The molecule has 13 aromatic rings. The van der Waals surface area contributed by atoms with Crippen LogP contribution >= 0.6 is 0 Å². The molecule has 10 aromatic carbocycles. The van der Waals surface area contributed by atoms with E-state index in [1.807, 2.05) is 6.07 Å². The van der Waals surface area contributed by atoms with Crippen LogP contribution in [-0.2, 0) is 5.41 Å². The first-order valence-corrected chi connectivity index (χ1v) is 22.2. The van der Waals surface area contributed by atoms with Crippen molar-refractivity contribution in [2.24, 2.45) is 0 Å². The molecule has 0 bridgehead atoms. The smallest absolute Gasteiger partial charge is 0.221 e. The lowest BCUT2D eigenvalue weighted by Crippen LogP contribution is -2.15. The number of benzene rings is 10. The van der Waals surface area contributed by atoms with E-state index in [9.17, 15) is 5.26 Å². The molecule has 3 aromatic heterocycles. The topological polar surface area (TPSA) is 58.9 Å². The summed E-state index contributed by atoms with van der Waals surface area (Å²) in [5, 5.41) is 20.3. The molecule has 1 aliphatic carbocycles. The predicted molar refractivity (Wildman–Crippen MR) is 268 cm³/mol. The van der Waals surface area contributed by atoms with Crippen molar-refractivity contribution in [1.29, 1.82) is 5.26 Å². The van der Waals surface area contributed by atoms with E-state index in [2.05, 4.69) is 211 Å². The monoisotopic (exact) mass is 827 g/mol. The summed E-state index contributed by atoms with van der Waals surface area (Å²) in [6, 6.07) is 70.2. The first kappa shape index (κ1) is 35.9. The van der Waals surface area contributed by atoms with Crippen LogP contribution in [0.25, 0.3) is 121 Å². The number of rotatable bonds is 3. The van der Waals surface area contributed by atoms with Gasteiger partial charge in [0, 0.05) is 27.0 Å². The Labute approximate surface area is 373 Å². The molecule has 0 atom stereocenters. The number of nitriles is 1. The molecule has 302 valence electrons. The highest BCUT2D eigenvalue weighted by Gasteiger charge is 2.36. The van der Waals surface area contributed by atoms with E-state index in [1.54, 1.807) is 0 Å². The van der Waals surface area contributed by atoms with Crippen LogP contribution in [0.2, 0.25) is 0 Å². The molecule has 14 rings (SSSR count). The quantitative estimate of drug-likeness (QED) is 0.167. The third-order valence-corrected chi connectivity index (χ3v) is 14.3. The first-order chi connectivity index (χ1) is 32.0. The Morgan fingerprint density at radius 2 is 1.00 bits per heavy atom. The molecule has 1 aliphatic rings. The predicted octanol–water partition coefficient (Wildman–Crippen LogP) is 15.1. The van der Waals surface area contributed by atoms with Crippen molar-refractivity contribution < 1.29 is 0 Å². The molecule has 0 amide bonds. The Morgan fingerprint density at radius 3 is 1.71 bits per heavy atom. The van der Waals surface area contributed by atoms with Crippen LogP contribution in [0.1, 0.15) is 30.5 Å². The summed E-state index contributed by atoms with van der Waals surface area (Å²) < 4.78 is 4.62. The summed E-state index contributed by atoms with van der Waals surface area (Å²) >= 11 is 0. The van der Waals surface area contributed by atoms with Crippen molar-refractivity contribution in [1.82, 2.24) is 18.9 Å². The molecule has 5 heteroatoms. The normalized spacial score (nSPS) is 13.2. The minimum Gasteiger partial charge on any atom is -0.278 e. The highest BCUT2D eigenvalue weighted by atomic mass is 15.2. The van der Waals surface area contributed by atoms with Crippen molar-refractivity contribution >= 4 is 81.7 Å². The van der Waals surface area contributed by atoms with Gasteiger partial charge in [0.1, 0.15) is 5.65 Å². The van der Waals surface area contributed by atoms with E-state index in [1.165, 1.54) is 76.8 Å². The summed E-state index contributed by atoms with van der Waals surface area (Å²) in [5.74, 6) is 0.808. The van der Waals surface area contributed by atoms with Crippen LogP contribution in [0.5, 0.6) is 0 Å². The third kappa shape index (κ3) is 4.80. The molecule has 0 saturated heterocycles. The van der Waals surface area contributed by atoms with Gasteiger partial charge in [0.05, 0.1) is 39.2 Å². The molecule has 3 heterocycles. The second-order valence-corrected chi connectivity index (χ2v) is 18.0. The van der Waals surface area contributed by atoms with E-state index in [4.69, 9.17) is 9.97 Å². The zero-order chi connectivity index (χ0) is 43.1. The molecule has 0 N–H and O–H groups in total. The Bertz CT molecular complexity index is 4230. The zero-order valence-electron chi connectivity index (χ0n) is 35.6. The zero-order valence-corrected chi connectivity index (χ0v) is 35.6. The van der Waals surface area contributed by atoms with Crippen molar-refractivity contribution in [3.63, 3.8) is 0 Å². The van der Waals surface area contributed by atoms with Gasteiger partial charge < -0.3 is 0 Å². The minimum atomic E-state index is -0.258. The standard InChI is InChI=1S/C60H37N5/c1-60(2)49-31-35(34-61)27-29-38(49)39-30-28-36(32-50(39)60)55-41-17-4-6-19-43(41)56(44-20-7-5-18-42(44)55)47-33-48-40-16-10-13-25-53(40)64(57(48)45-21-8-3-15-37(45)47)59-63-51-23-11-9-22-46(51)58-62-52-24-12-14-26-54(52)65(58)59/h3-33H,1-2H3. The van der Waals surface area contributed by atoms with Crippen molar-refractivity contribution in [3.8, 4) is 45.4 Å². The molecule has 0 radical (unpaired) electrons. The second-order valence-electron chi connectivity index (χ2n) is 18.0. The van der Waals surface area contributed by atoms with Gasteiger partial charge in [0.2, 0.25) is 5.95 Å². The summed E-state index contributed by atoms with van der Waals surface area (Å²) in [4.78, 5) is 10.7. The Kier molecular flexibility index (Phi) is 7.18. The van der Waals surface area contributed by atoms with Gasteiger partial charge in [-0.1, -0.05) is 147 Å². The average Bonchev–Trinajstić information content (AvgIpc) is 3.98. The maximum Gasteiger partial charge on any atom is 0.221 e. The van der Waals surface area contributed by atoms with Crippen LogP contribution in [0.3, 0.4) is 0 Å². The van der Waals surface area contributed by atoms with Crippen molar-refractivity contribution in [3.05, 3.63) is 205 Å². The summed E-state index contributed by atoms with van der Waals surface area (Å²) in [6.07, 6.45) is 0. The Morgan fingerprint density at radius 1 is 0.446 bits per heavy atom. The SMILES string of the molecule is CC1(C)c2cc(C#N)ccc2-c2ccc(-c3c4ccccc4c(-c4cc5c6ccccc6n(-c6nc7ccccc7c7nc8ccccc8n67)c5c5ccccc45)c4ccccc34)cc21. The Balaban J connectivity index is 1.07. The molecular formula is C60H37N5. The number of nitrogens with zero attached hydrogens (tertiary/aromatic N) is 5. The van der Waals surface area contributed by atoms with Crippen LogP contribution in [0.4, 0.5) is 0 Å². The van der Waals surface area contributed by atoms with Crippen molar-refractivity contribution in [2.45, 2.75) is 19.3 Å². The summed E-state index contributed by atoms with van der Waals surface area (Å²) in [5.41, 5.74) is 16.2. The van der Waals surface area contributed by atoms with E-state index in [0.717, 1.165) is 55.3 Å². The molecule has 5 nitrogen and oxygen atoms in total. The lowest BCUT2D eigenvalue weighted by molar-refractivity contribution is 0.660. The van der Waals surface area contributed by atoms with Crippen LogP contribution in [0, 0.1) is 11.3 Å². The van der Waals surface area contributed by atoms with Crippen molar-refractivity contribution in [2.75, 3.05) is 0 Å². The van der Waals surface area contributed by atoms with Gasteiger partial charge in [-0.15, -0.1) is 0 Å². The van der Waals surface area contributed by atoms with Gasteiger partial charge >= 0.3 is 0 Å². The highest BCUT2D eigenvalue weighted by molar-refractivity contribution is 6.28. The fourth-order valence-corrected chi connectivity index (χ4v) is 11.4. The number of imidazole rings is 1. The van der Waals surface area contributed by atoms with E-state index in [-0.39, 0.29) is 5.41 Å². The van der Waals surface area contributed by atoms with E-state index < -0.39 is 0 Å². The molecule has 65 heavy (non-hydrogen) atoms. The number of hydrogen-bond donors (Lipinski definition) is 0. The molecule has 0 saturated carbocycles. The van der Waals surface area contributed by atoms with E-state index in [0.29, 0.717) is 5.56 Å². The molecular weight excluding hydrogens is 791 g/mol.